The van der Waals surface area contributed by atoms with Crippen LogP contribution in [0, 0.1) is 11.8 Å². The van der Waals surface area contributed by atoms with E-state index >= 15 is 0 Å². The van der Waals surface area contributed by atoms with Crippen molar-refractivity contribution in [2.45, 2.75) is 19.8 Å². The zero-order valence-electron chi connectivity index (χ0n) is 6.61. The first-order chi connectivity index (χ1) is 4.91. The molecule has 0 saturated heterocycles. The van der Waals surface area contributed by atoms with Gasteiger partial charge in [0.1, 0.15) is 0 Å². The fraction of sp³-hybridized carbons (Fsp3) is 0.750. The van der Waals surface area contributed by atoms with Crippen molar-refractivity contribution in [2.24, 2.45) is 5.73 Å². The predicted molar refractivity (Wildman–Crippen MR) is 44.6 cm³/mol. The van der Waals surface area contributed by atoms with E-state index in [0.29, 0.717) is 0 Å². The highest BCUT2D eigenvalue weighted by atomic mass is 14.8. The van der Waals surface area contributed by atoms with E-state index in [1.54, 1.807) is 0 Å². The smallest absolute Gasteiger partial charge is 0.0214 e. The molecule has 3 N–H and O–H groups in total. The van der Waals surface area contributed by atoms with Gasteiger partial charge in [-0.1, -0.05) is 0 Å². The molecule has 0 rings (SSSR count). The quantitative estimate of drug-likeness (QED) is 0.427. The third-order valence-electron chi connectivity index (χ3n) is 1.16. The molecule has 0 radical (unpaired) electrons. The summed E-state index contributed by atoms with van der Waals surface area (Å²) in [5.41, 5.74) is 5.30. The number of nitrogens with one attached hydrogen (secondary N) is 1. The molecule has 0 aromatic heterocycles. The van der Waals surface area contributed by atoms with Crippen molar-refractivity contribution in [3.8, 4) is 11.8 Å². The van der Waals surface area contributed by atoms with Crippen LogP contribution < -0.4 is 11.1 Å². The van der Waals surface area contributed by atoms with Gasteiger partial charge in [-0.3, -0.25) is 0 Å². The molecule has 0 aliphatic heterocycles. The van der Waals surface area contributed by atoms with Crippen molar-refractivity contribution in [2.75, 3.05) is 19.6 Å². The van der Waals surface area contributed by atoms with Gasteiger partial charge in [0, 0.05) is 13.0 Å². The normalized spacial score (nSPS) is 8.60. The SMILES string of the molecule is CC#CCCNCCCN. The molecule has 58 valence electrons. The van der Waals surface area contributed by atoms with Gasteiger partial charge in [-0.05, 0) is 26.4 Å². The molecule has 0 unspecified atom stereocenters. The Bertz CT molecular complexity index is 110. The molecule has 0 aromatic rings. The van der Waals surface area contributed by atoms with Gasteiger partial charge in [-0.2, -0.15) is 0 Å². The summed E-state index contributed by atoms with van der Waals surface area (Å²) in [6.45, 7) is 4.63. The van der Waals surface area contributed by atoms with Crippen molar-refractivity contribution < 1.29 is 0 Å². The van der Waals surface area contributed by atoms with Crippen molar-refractivity contribution in [1.29, 1.82) is 0 Å². The summed E-state index contributed by atoms with van der Waals surface area (Å²) >= 11 is 0. The number of hydrogen-bond donors (Lipinski definition) is 2. The molecule has 10 heavy (non-hydrogen) atoms. The van der Waals surface area contributed by atoms with Crippen molar-refractivity contribution in [1.82, 2.24) is 5.32 Å². The Kier molecular flexibility index (Phi) is 8.04. The minimum absolute atomic E-state index is 0.770. The van der Waals surface area contributed by atoms with E-state index in [2.05, 4.69) is 17.2 Å². The van der Waals surface area contributed by atoms with E-state index < -0.39 is 0 Å². The van der Waals surface area contributed by atoms with E-state index in [0.717, 1.165) is 32.5 Å². The summed E-state index contributed by atoms with van der Waals surface area (Å²) in [6.07, 6.45) is 2.00. The maximum absolute atomic E-state index is 5.30. The Labute approximate surface area is 63.2 Å². The average molecular weight is 140 g/mol. The lowest BCUT2D eigenvalue weighted by Crippen LogP contribution is -2.18. The van der Waals surface area contributed by atoms with Crippen LogP contribution in [0.15, 0.2) is 0 Å². The van der Waals surface area contributed by atoms with Crippen LogP contribution >= 0.6 is 0 Å². The van der Waals surface area contributed by atoms with E-state index in [4.69, 9.17) is 5.73 Å². The highest BCUT2D eigenvalue weighted by Gasteiger charge is 1.82. The molecule has 0 aliphatic rings. The molecule has 0 fully saturated rings. The Hall–Kier alpha value is -0.520. The van der Waals surface area contributed by atoms with Gasteiger partial charge in [0.15, 0.2) is 0 Å². The van der Waals surface area contributed by atoms with Gasteiger partial charge in [0.05, 0.1) is 0 Å². The summed E-state index contributed by atoms with van der Waals surface area (Å²) < 4.78 is 0. The van der Waals surface area contributed by atoms with Crippen LogP contribution in [0.3, 0.4) is 0 Å². The molecule has 2 heteroatoms. The molecule has 0 aromatic carbocycles. The van der Waals surface area contributed by atoms with Gasteiger partial charge in [-0.15, -0.1) is 11.8 Å². The highest BCUT2D eigenvalue weighted by Crippen LogP contribution is 1.73. The second-order valence-electron chi connectivity index (χ2n) is 2.07. The van der Waals surface area contributed by atoms with Crippen LogP contribution in [-0.4, -0.2) is 19.6 Å². The highest BCUT2D eigenvalue weighted by molar-refractivity contribution is 4.94. The van der Waals surface area contributed by atoms with Gasteiger partial charge in [0.2, 0.25) is 0 Å². The third-order valence-corrected chi connectivity index (χ3v) is 1.16. The molecule has 0 heterocycles. The second kappa shape index (κ2) is 8.48. The molecule has 0 atom stereocenters. The molecular formula is C8H16N2. The maximum atomic E-state index is 5.30. The molecule has 0 spiro atoms. The molecule has 0 amide bonds. The van der Waals surface area contributed by atoms with Crippen LogP contribution in [0.5, 0.6) is 0 Å². The zero-order valence-corrected chi connectivity index (χ0v) is 6.61. The van der Waals surface area contributed by atoms with E-state index in [1.165, 1.54) is 0 Å². The lowest BCUT2D eigenvalue weighted by Gasteiger charge is -1.98. The average Bonchev–Trinajstić information content (AvgIpc) is 1.97. The zero-order chi connectivity index (χ0) is 7.66. The monoisotopic (exact) mass is 140 g/mol. The van der Waals surface area contributed by atoms with Gasteiger partial charge < -0.3 is 11.1 Å². The number of nitrogens with two attached hydrogens (primary N) is 1. The van der Waals surface area contributed by atoms with Crippen molar-refractivity contribution >= 4 is 0 Å². The standard InChI is InChI=1S/C8H16N2/c1-2-3-4-7-10-8-5-6-9/h10H,4-9H2,1H3. The Balaban J connectivity index is 2.82. The lowest BCUT2D eigenvalue weighted by molar-refractivity contribution is 0.662. The summed E-state index contributed by atoms with van der Waals surface area (Å²) in [7, 11) is 0. The van der Waals surface area contributed by atoms with Crippen LogP contribution in [0.1, 0.15) is 19.8 Å². The van der Waals surface area contributed by atoms with Crippen LogP contribution in [-0.2, 0) is 0 Å². The number of hydrogen-bond acceptors (Lipinski definition) is 2. The van der Waals surface area contributed by atoms with E-state index in [1.807, 2.05) is 6.92 Å². The predicted octanol–water partition coefficient (Wildman–Crippen LogP) is 0.338. The second-order valence-corrected chi connectivity index (χ2v) is 2.07. The van der Waals surface area contributed by atoms with Crippen LogP contribution in [0.4, 0.5) is 0 Å². The van der Waals surface area contributed by atoms with Crippen molar-refractivity contribution in [3.63, 3.8) is 0 Å². The third kappa shape index (κ3) is 7.48. The van der Waals surface area contributed by atoms with E-state index in [9.17, 15) is 0 Å². The Morgan fingerprint density at radius 2 is 2.20 bits per heavy atom. The van der Waals surface area contributed by atoms with Gasteiger partial charge >= 0.3 is 0 Å². The molecule has 0 saturated carbocycles. The summed E-state index contributed by atoms with van der Waals surface area (Å²) in [5.74, 6) is 5.83. The fourth-order valence-corrected chi connectivity index (χ4v) is 0.628. The molecule has 0 bridgehead atoms. The molecular weight excluding hydrogens is 124 g/mol. The summed E-state index contributed by atoms with van der Waals surface area (Å²) in [4.78, 5) is 0. The van der Waals surface area contributed by atoms with Crippen LogP contribution in [0.25, 0.3) is 0 Å². The van der Waals surface area contributed by atoms with E-state index in [-0.39, 0.29) is 0 Å². The largest absolute Gasteiger partial charge is 0.330 e. The molecule has 2 nitrogen and oxygen atoms in total. The maximum Gasteiger partial charge on any atom is 0.0214 e. The van der Waals surface area contributed by atoms with Crippen molar-refractivity contribution in [3.05, 3.63) is 0 Å². The summed E-state index contributed by atoms with van der Waals surface area (Å²) in [5, 5.41) is 3.24. The summed E-state index contributed by atoms with van der Waals surface area (Å²) in [6, 6.07) is 0. The minimum Gasteiger partial charge on any atom is -0.330 e. The first-order valence-corrected chi connectivity index (χ1v) is 3.72. The number of rotatable bonds is 5. The molecule has 0 aliphatic carbocycles. The first-order valence-electron chi connectivity index (χ1n) is 3.72. The Morgan fingerprint density at radius 3 is 2.80 bits per heavy atom. The fourth-order valence-electron chi connectivity index (χ4n) is 0.628. The first kappa shape index (κ1) is 9.48. The minimum atomic E-state index is 0.770. The van der Waals surface area contributed by atoms with Gasteiger partial charge in [-0.25, -0.2) is 0 Å². The van der Waals surface area contributed by atoms with Crippen LogP contribution in [0.2, 0.25) is 0 Å². The lowest BCUT2D eigenvalue weighted by atomic mass is 10.4. The Morgan fingerprint density at radius 1 is 1.40 bits per heavy atom. The topological polar surface area (TPSA) is 38.0 Å². The van der Waals surface area contributed by atoms with Gasteiger partial charge in [0.25, 0.3) is 0 Å².